The van der Waals surface area contributed by atoms with Gasteiger partial charge in [-0.2, -0.15) is 0 Å². The lowest BCUT2D eigenvalue weighted by Crippen LogP contribution is -2.40. The zero-order valence-corrected chi connectivity index (χ0v) is 11.9. The molecule has 1 heterocycles. The second-order valence-electron chi connectivity index (χ2n) is 4.47. The standard InChI is InChI=1S/C13H15BrFNO3/c14-9-1-2-12(15)10(7-9)11(13(17)18)8-16-3-5-19-6-4-16/h1-2,7,11H,3-6,8H2,(H,17,18). The third kappa shape index (κ3) is 3.75. The normalized spacial score (nSPS) is 18.2. The number of carbonyl (C=O) groups is 1. The van der Waals surface area contributed by atoms with Crippen LogP contribution in [0.15, 0.2) is 22.7 Å². The summed E-state index contributed by atoms with van der Waals surface area (Å²) in [5, 5.41) is 9.33. The highest BCUT2D eigenvalue weighted by atomic mass is 79.9. The number of aliphatic carboxylic acids is 1. The fourth-order valence-corrected chi connectivity index (χ4v) is 2.51. The molecular formula is C13H15BrFNO3. The molecule has 6 heteroatoms. The maximum atomic E-state index is 13.8. The number of halogens is 2. The lowest BCUT2D eigenvalue weighted by molar-refractivity contribution is -0.139. The maximum Gasteiger partial charge on any atom is 0.312 e. The molecule has 1 aliphatic heterocycles. The Bertz CT molecular complexity index is 463. The molecule has 2 rings (SSSR count). The summed E-state index contributed by atoms with van der Waals surface area (Å²) in [4.78, 5) is 13.4. The van der Waals surface area contributed by atoms with E-state index < -0.39 is 17.7 Å². The number of ether oxygens (including phenoxy) is 1. The molecule has 1 aliphatic rings. The zero-order chi connectivity index (χ0) is 13.8. The quantitative estimate of drug-likeness (QED) is 0.917. The van der Waals surface area contributed by atoms with Crippen LogP contribution in [-0.2, 0) is 9.53 Å². The van der Waals surface area contributed by atoms with Crippen LogP contribution in [-0.4, -0.2) is 48.8 Å². The Morgan fingerprint density at radius 1 is 1.47 bits per heavy atom. The molecule has 1 N–H and O–H groups in total. The molecule has 0 radical (unpaired) electrons. The number of benzene rings is 1. The molecule has 1 atom stereocenters. The Morgan fingerprint density at radius 2 is 2.16 bits per heavy atom. The van der Waals surface area contributed by atoms with Crippen molar-refractivity contribution in [3.8, 4) is 0 Å². The highest BCUT2D eigenvalue weighted by molar-refractivity contribution is 9.10. The van der Waals surface area contributed by atoms with E-state index in [1.165, 1.54) is 12.1 Å². The Labute approximate surface area is 119 Å². The van der Waals surface area contributed by atoms with Gasteiger partial charge in [-0.1, -0.05) is 15.9 Å². The van der Waals surface area contributed by atoms with Gasteiger partial charge in [0.15, 0.2) is 0 Å². The van der Waals surface area contributed by atoms with Gasteiger partial charge in [0, 0.05) is 29.7 Å². The highest BCUT2D eigenvalue weighted by Gasteiger charge is 2.26. The first-order chi connectivity index (χ1) is 9.08. The maximum absolute atomic E-state index is 13.8. The SMILES string of the molecule is O=C(O)C(CN1CCOCC1)c1cc(Br)ccc1F. The highest BCUT2D eigenvalue weighted by Crippen LogP contribution is 2.25. The van der Waals surface area contributed by atoms with Crippen LogP contribution in [0.1, 0.15) is 11.5 Å². The van der Waals surface area contributed by atoms with Gasteiger partial charge in [0.05, 0.1) is 19.1 Å². The van der Waals surface area contributed by atoms with Gasteiger partial charge in [-0.05, 0) is 18.2 Å². The summed E-state index contributed by atoms with van der Waals surface area (Å²) in [7, 11) is 0. The second-order valence-corrected chi connectivity index (χ2v) is 5.39. The van der Waals surface area contributed by atoms with Crippen molar-refractivity contribution < 1.29 is 19.0 Å². The van der Waals surface area contributed by atoms with Gasteiger partial charge in [0.25, 0.3) is 0 Å². The van der Waals surface area contributed by atoms with Crippen molar-refractivity contribution in [1.82, 2.24) is 4.90 Å². The Hall–Kier alpha value is -0.980. The average Bonchev–Trinajstić information content (AvgIpc) is 2.40. The molecule has 104 valence electrons. The van der Waals surface area contributed by atoms with E-state index in [0.717, 1.165) is 0 Å². The molecule has 1 saturated heterocycles. The van der Waals surface area contributed by atoms with E-state index in [1.807, 2.05) is 4.90 Å². The fraction of sp³-hybridized carbons (Fsp3) is 0.462. The number of nitrogens with zero attached hydrogens (tertiary/aromatic N) is 1. The lowest BCUT2D eigenvalue weighted by atomic mass is 9.98. The number of morpholine rings is 1. The monoisotopic (exact) mass is 331 g/mol. The van der Waals surface area contributed by atoms with Crippen molar-refractivity contribution in [2.75, 3.05) is 32.8 Å². The third-order valence-electron chi connectivity index (χ3n) is 3.18. The van der Waals surface area contributed by atoms with Gasteiger partial charge in [-0.3, -0.25) is 9.69 Å². The van der Waals surface area contributed by atoms with E-state index in [2.05, 4.69) is 15.9 Å². The minimum absolute atomic E-state index is 0.216. The minimum atomic E-state index is -1.01. The average molecular weight is 332 g/mol. The summed E-state index contributed by atoms with van der Waals surface area (Å²) in [6, 6.07) is 4.38. The van der Waals surface area contributed by atoms with E-state index in [-0.39, 0.29) is 5.56 Å². The fourth-order valence-electron chi connectivity index (χ4n) is 2.13. The van der Waals surface area contributed by atoms with Crippen LogP contribution in [0.3, 0.4) is 0 Å². The van der Waals surface area contributed by atoms with Crippen molar-refractivity contribution in [3.05, 3.63) is 34.1 Å². The molecule has 0 bridgehead atoms. The summed E-state index contributed by atoms with van der Waals surface area (Å²) in [5.41, 5.74) is 0.216. The van der Waals surface area contributed by atoms with Crippen LogP contribution in [0.25, 0.3) is 0 Å². The Morgan fingerprint density at radius 3 is 2.79 bits per heavy atom. The molecular weight excluding hydrogens is 317 g/mol. The smallest absolute Gasteiger partial charge is 0.312 e. The largest absolute Gasteiger partial charge is 0.481 e. The lowest BCUT2D eigenvalue weighted by Gasteiger charge is -2.29. The molecule has 1 aromatic carbocycles. The van der Waals surface area contributed by atoms with Crippen molar-refractivity contribution >= 4 is 21.9 Å². The van der Waals surface area contributed by atoms with Gasteiger partial charge in [-0.25, -0.2) is 4.39 Å². The summed E-state index contributed by atoms with van der Waals surface area (Å²) in [6.07, 6.45) is 0. The predicted molar refractivity (Wildman–Crippen MR) is 71.7 cm³/mol. The topological polar surface area (TPSA) is 49.8 Å². The van der Waals surface area contributed by atoms with Gasteiger partial charge >= 0.3 is 5.97 Å². The van der Waals surface area contributed by atoms with Crippen LogP contribution in [0.4, 0.5) is 4.39 Å². The minimum Gasteiger partial charge on any atom is -0.481 e. The van der Waals surface area contributed by atoms with Crippen LogP contribution < -0.4 is 0 Å². The van der Waals surface area contributed by atoms with E-state index in [9.17, 15) is 14.3 Å². The number of rotatable bonds is 4. The van der Waals surface area contributed by atoms with Crippen molar-refractivity contribution in [1.29, 1.82) is 0 Å². The van der Waals surface area contributed by atoms with Gasteiger partial charge in [0.2, 0.25) is 0 Å². The van der Waals surface area contributed by atoms with Crippen LogP contribution >= 0.6 is 15.9 Å². The van der Waals surface area contributed by atoms with E-state index in [1.54, 1.807) is 6.07 Å². The third-order valence-corrected chi connectivity index (χ3v) is 3.67. The summed E-state index contributed by atoms with van der Waals surface area (Å²) in [6.45, 7) is 2.84. The van der Waals surface area contributed by atoms with E-state index in [4.69, 9.17) is 4.74 Å². The van der Waals surface area contributed by atoms with Gasteiger partial charge in [-0.15, -0.1) is 0 Å². The van der Waals surface area contributed by atoms with Crippen LogP contribution in [0.5, 0.6) is 0 Å². The van der Waals surface area contributed by atoms with E-state index in [0.29, 0.717) is 37.3 Å². The molecule has 0 aromatic heterocycles. The first-order valence-electron chi connectivity index (χ1n) is 6.06. The zero-order valence-electron chi connectivity index (χ0n) is 10.3. The summed E-state index contributed by atoms with van der Waals surface area (Å²) < 4.78 is 19.7. The Balaban J connectivity index is 2.19. The molecule has 19 heavy (non-hydrogen) atoms. The number of hydrogen-bond donors (Lipinski definition) is 1. The first-order valence-corrected chi connectivity index (χ1v) is 6.85. The number of carboxylic acids is 1. The molecule has 0 amide bonds. The summed E-state index contributed by atoms with van der Waals surface area (Å²) in [5.74, 6) is -2.36. The molecule has 1 unspecified atom stereocenters. The first kappa shape index (κ1) is 14.4. The van der Waals surface area contributed by atoms with Crippen molar-refractivity contribution in [3.63, 3.8) is 0 Å². The van der Waals surface area contributed by atoms with Crippen molar-refractivity contribution in [2.24, 2.45) is 0 Å². The van der Waals surface area contributed by atoms with Crippen molar-refractivity contribution in [2.45, 2.75) is 5.92 Å². The molecule has 1 aromatic rings. The van der Waals surface area contributed by atoms with Gasteiger partial charge < -0.3 is 9.84 Å². The molecule has 0 saturated carbocycles. The molecule has 1 fully saturated rings. The molecule has 0 aliphatic carbocycles. The second kappa shape index (κ2) is 6.45. The van der Waals surface area contributed by atoms with E-state index >= 15 is 0 Å². The van der Waals surface area contributed by atoms with Crippen LogP contribution in [0, 0.1) is 5.82 Å². The molecule has 4 nitrogen and oxygen atoms in total. The number of carboxylic acid groups (broad SMARTS) is 1. The van der Waals surface area contributed by atoms with Gasteiger partial charge in [0.1, 0.15) is 5.82 Å². The molecule has 0 spiro atoms. The predicted octanol–water partition coefficient (Wildman–Crippen LogP) is 2.09. The summed E-state index contributed by atoms with van der Waals surface area (Å²) >= 11 is 3.25. The van der Waals surface area contributed by atoms with Crippen LogP contribution in [0.2, 0.25) is 0 Å². The Kier molecular flexibility index (Phi) is 4.90. The number of hydrogen-bond acceptors (Lipinski definition) is 3.